The molecular weight excluding hydrogens is 386 g/mol. The Kier molecular flexibility index (Phi) is 5.01. The summed E-state index contributed by atoms with van der Waals surface area (Å²) >= 11 is 0. The van der Waals surface area contributed by atoms with Crippen molar-refractivity contribution in [3.63, 3.8) is 0 Å². The van der Waals surface area contributed by atoms with E-state index in [4.69, 9.17) is 4.98 Å². The Morgan fingerprint density at radius 1 is 0.688 bits per heavy atom. The molecule has 1 heteroatoms. The first kappa shape index (κ1) is 20.7. The molecule has 0 amide bonds. The Bertz CT molecular complexity index is 1430. The van der Waals surface area contributed by atoms with Crippen molar-refractivity contribution in [2.45, 2.75) is 46.5 Å². The fourth-order valence-electron chi connectivity index (χ4n) is 4.77. The van der Waals surface area contributed by atoms with E-state index in [1.54, 1.807) is 0 Å². The van der Waals surface area contributed by atoms with Gasteiger partial charge in [0.15, 0.2) is 0 Å². The van der Waals surface area contributed by atoms with Crippen LogP contribution < -0.4 is 0 Å². The topological polar surface area (TPSA) is 12.9 Å². The van der Waals surface area contributed by atoms with E-state index in [2.05, 4.69) is 107 Å². The third kappa shape index (κ3) is 3.66. The summed E-state index contributed by atoms with van der Waals surface area (Å²) in [5.74, 6) is 0.663. The molecule has 1 heterocycles. The molecule has 1 aromatic heterocycles. The molecule has 5 aromatic rings. The summed E-state index contributed by atoms with van der Waals surface area (Å²) in [6.07, 6.45) is 3.06. The lowest BCUT2D eigenvalue weighted by Gasteiger charge is -2.20. The lowest BCUT2D eigenvalue weighted by molar-refractivity contribution is 0.591. The Morgan fingerprint density at radius 3 is 2.03 bits per heavy atom. The first-order valence-corrected chi connectivity index (χ1v) is 11.7. The summed E-state index contributed by atoms with van der Waals surface area (Å²) < 4.78 is 0. The van der Waals surface area contributed by atoms with Gasteiger partial charge in [-0.25, -0.2) is 0 Å². The van der Waals surface area contributed by atoms with Gasteiger partial charge in [-0.1, -0.05) is 101 Å². The normalized spacial score (nSPS) is 12.3. The Hall–Kier alpha value is -3.19. The zero-order valence-corrected chi connectivity index (χ0v) is 19.7. The molecule has 160 valence electrons. The van der Waals surface area contributed by atoms with E-state index in [1.807, 2.05) is 6.20 Å². The molecule has 0 fully saturated rings. The summed E-state index contributed by atoms with van der Waals surface area (Å²) in [6, 6.07) is 27.1. The molecule has 0 saturated carbocycles. The van der Waals surface area contributed by atoms with Gasteiger partial charge in [0.1, 0.15) is 0 Å². The van der Waals surface area contributed by atoms with Crippen molar-refractivity contribution in [3.8, 4) is 11.3 Å². The number of hydrogen-bond acceptors (Lipinski definition) is 1. The second-order valence-electron chi connectivity index (χ2n) is 10.5. The maximum Gasteiger partial charge on any atom is 0.0780 e. The molecule has 0 aliphatic rings. The minimum Gasteiger partial charge on any atom is -0.256 e. The predicted molar refractivity (Wildman–Crippen MR) is 139 cm³/mol. The Morgan fingerprint density at radius 2 is 1.31 bits per heavy atom. The lowest BCUT2D eigenvalue weighted by atomic mass is 9.85. The smallest absolute Gasteiger partial charge is 0.0780 e. The lowest BCUT2D eigenvalue weighted by Crippen LogP contribution is -2.10. The van der Waals surface area contributed by atoms with E-state index < -0.39 is 0 Å². The fraction of sp³-hybridized carbons (Fsp3) is 0.258. The number of benzene rings is 4. The van der Waals surface area contributed by atoms with Crippen molar-refractivity contribution in [2.75, 3.05) is 0 Å². The van der Waals surface area contributed by atoms with Gasteiger partial charge in [0, 0.05) is 17.1 Å². The van der Waals surface area contributed by atoms with Crippen LogP contribution in [-0.4, -0.2) is 4.98 Å². The molecule has 0 bridgehead atoms. The molecule has 0 N–H and O–H groups in total. The molecule has 0 saturated heterocycles. The minimum absolute atomic E-state index is 0.131. The van der Waals surface area contributed by atoms with Crippen molar-refractivity contribution >= 4 is 32.3 Å². The van der Waals surface area contributed by atoms with Gasteiger partial charge in [-0.15, -0.1) is 0 Å². The van der Waals surface area contributed by atoms with Gasteiger partial charge in [-0.2, -0.15) is 0 Å². The molecule has 1 nitrogen and oxygen atoms in total. The van der Waals surface area contributed by atoms with E-state index >= 15 is 0 Å². The van der Waals surface area contributed by atoms with Crippen molar-refractivity contribution in [3.05, 3.63) is 90.1 Å². The van der Waals surface area contributed by atoms with Crippen LogP contribution in [0.15, 0.2) is 79.0 Å². The summed E-state index contributed by atoms with van der Waals surface area (Å²) in [6.45, 7) is 11.4. The second-order valence-corrected chi connectivity index (χ2v) is 10.5. The summed E-state index contributed by atoms with van der Waals surface area (Å²) in [7, 11) is 0. The molecule has 0 aliphatic heterocycles. The molecule has 0 atom stereocenters. The Balaban J connectivity index is 1.70. The van der Waals surface area contributed by atoms with Crippen LogP contribution in [-0.2, 0) is 11.8 Å². The molecule has 0 spiro atoms. The number of pyridine rings is 1. The van der Waals surface area contributed by atoms with Gasteiger partial charge >= 0.3 is 0 Å². The molecule has 0 radical (unpaired) electrons. The number of aromatic nitrogens is 1. The first-order chi connectivity index (χ1) is 15.3. The van der Waals surface area contributed by atoms with Crippen molar-refractivity contribution in [1.82, 2.24) is 4.98 Å². The monoisotopic (exact) mass is 417 g/mol. The van der Waals surface area contributed by atoms with Crippen LogP contribution in [0.3, 0.4) is 0 Å². The quantitative estimate of drug-likeness (QED) is 0.267. The molecule has 0 unspecified atom stereocenters. The van der Waals surface area contributed by atoms with Crippen LogP contribution in [0, 0.1) is 5.92 Å². The van der Waals surface area contributed by atoms with Crippen LogP contribution in [0.2, 0.25) is 0 Å². The molecular formula is C31H31N. The van der Waals surface area contributed by atoms with Gasteiger partial charge in [0.2, 0.25) is 0 Å². The van der Waals surface area contributed by atoms with Crippen molar-refractivity contribution in [1.29, 1.82) is 0 Å². The molecule has 32 heavy (non-hydrogen) atoms. The predicted octanol–water partition coefficient (Wildman–Crippen LogP) is 8.70. The zero-order valence-electron chi connectivity index (χ0n) is 19.7. The summed E-state index contributed by atoms with van der Waals surface area (Å²) in [4.78, 5) is 4.78. The molecule has 5 rings (SSSR count). The third-order valence-electron chi connectivity index (χ3n) is 6.50. The number of fused-ring (bicyclic) bond motifs is 5. The average molecular weight is 418 g/mol. The van der Waals surface area contributed by atoms with Gasteiger partial charge in [-0.05, 0) is 61.9 Å². The van der Waals surface area contributed by atoms with E-state index in [0.717, 1.165) is 12.1 Å². The largest absolute Gasteiger partial charge is 0.256 e. The van der Waals surface area contributed by atoms with Gasteiger partial charge in [-0.3, -0.25) is 4.98 Å². The standard InChI is InChI=1S/C31H31N/c1-20(2)18-21-6-8-23(9-7-21)30-28-15-14-26-25(27(28)16-17-32-30)13-11-22-10-12-24(19-29(22)26)31(3,4)5/h6-17,19-20H,18H2,1-5H3. The summed E-state index contributed by atoms with van der Waals surface area (Å²) in [5, 5.41) is 7.70. The molecule has 4 aromatic carbocycles. The second kappa shape index (κ2) is 7.74. The SMILES string of the molecule is CC(C)Cc1ccc(-c2nccc3c2ccc2c4cc(C(C)(C)C)ccc4ccc32)cc1. The fourth-order valence-corrected chi connectivity index (χ4v) is 4.77. The maximum absolute atomic E-state index is 4.78. The Labute approximate surface area is 191 Å². The first-order valence-electron chi connectivity index (χ1n) is 11.7. The van der Waals surface area contributed by atoms with Gasteiger partial charge < -0.3 is 0 Å². The van der Waals surface area contributed by atoms with E-state index in [1.165, 1.54) is 49.0 Å². The highest BCUT2D eigenvalue weighted by Gasteiger charge is 2.15. The third-order valence-corrected chi connectivity index (χ3v) is 6.50. The van der Waals surface area contributed by atoms with E-state index in [9.17, 15) is 0 Å². The van der Waals surface area contributed by atoms with Crippen LogP contribution in [0.1, 0.15) is 45.7 Å². The van der Waals surface area contributed by atoms with Crippen LogP contribution in [0.5, 0.6) is 0 Å². The van der Waals surface area contributed by atoms with E-state index in [0.29, 0.717) is 5.92 Å². The average Bonchev–Trinajstić information content (AvgIpc) is 2.77. The highest BCUT2D eigenvalue weighted by molar-refractivity contribution is 6.19. The van der Waals surface area contributed by atoms with Crippen LogP contribution >= 0.6 is 0 Å². The van der Waals surface area contributed by atoms with Crippen molar-refractivity contribution < 1.29 is 0 Å². The van der Waals surface area contributed by atoms with Crippen LogP contribution in [0.25, 0.3) is 43.6 Å². The van der Waals surface area contributed by atoms with Crippen molar-refractivity contribution in [2.24, 2.45) is 5.92 Å². The zero-order chi connectivity index (χ0) is 22.5. The van der Waals surface area contributed by atoms with E-state index in [-0.39, 0.29) is 5.41 Å². The summed E-state index contributed by atoms with van der Waals surface area (Å²) in [5.41, 5.74) is 5.12. The maximum atomic E-state index is 4.78. The highest BCUT2D eigenvalue weighted by Crippen LogP contribution is 2.36. The number of rotatable bonds is 3. The van der Waals surface area contributed by atoms with Gasteiger partial charge in [0.05, 0.1) is 5.69 Å². The minimum atomic E-state index is 0.131. The number of nitrogens with zero attached hydrogens (tertiary/aromatic N) is 1. The van der Waals surface area contributed by atoms with Crippen LogP contribution in [0.4, 0.5) is 0 Å². The highest BCUT2D eigenvalue weighted by atomic mass is 14.7. The molecule has 0 aliphatic carbocycles. The van der Waals surface area contributed by atoms with Gasteiger partial charge in [0.25, 0.3) is 0 Å². The number of hydrogen-bond donors (Lipinski definition) is 0.